The van der Waals surface area contributed by atoms with E-state index in [-0.39, 0.29) is 17.5 Å². The van der Waals surface area contributed by atoms with Crippen molar-refractivity contribution >= 4 is 11.6 Å². The van der Waals surface area contributed by atoms with Crippen LogP contribution >= 0.6 is 0 Å². The topological polar surface area (TPSA) is 84.2 Å². The predicted octanol–water partition coefficient (Wildman–Crippen LogP) is 5.16. The van der Waals surface area contributed by atoms with Gasteiger partial charge in [0.15, 0.2) is 5.82 Å². The summed E-state index contributed by atoms with van der Waals surface area (Å²) in [5.74, 6) is 2.47. The molecule has 3 aliphatic rings. The van der Waals surface area contributed by atoms with Crippen LogP contribution in [0.3, 0.4) is 0 Å². The molecule has 0 spiro atoms. The van der Waals surface area contributed by atoms with E-state index in [1.165, 1.54) is 5.57 Å². The van der Waals surface area contributed by atoms with Gasteiger partial charge in [0.05, 0.1) is 6.04 Å². The van der Waals surface area contributed by atoms with Crippen LogP contribution in [0.2, 0.25) is 0 Å². The van der Waals surface area contributed by atoms with Crippen molar-refractivity contribution in [3.8, 4) is 0 Å². The Morgan fingerprint density at radius 3 is 2.67 bits per heavy atom. The monoisotopic (exact) mass is 449 g/mol. The van der Waals surface area contributed by atoms with Gasteiger partial charge in [0.1, 0.15) is 0 Å². The number of piperidine rings is 1. The van der Waals surface area contributed by atoms with Crippen LogP contribution in [0.15, 0.2) is 28.9 Å². The summed E-state index contributed by atoms with van der Waals surface area (Å²) in [6.45, 7) is 7.90. The van der Waals surface area contributed by atoms with Crippen LogP contribution in [0.1, 0.15) is 101 Å². The number of carbonyl (C=O) groups excluding carboxylic acids is 1. The fraction of sp³-hybridized carbons (Fsp3) is 0.615. The van der Waals surface area contributed by atoms with E-state index in [0.29, 0.717) is 24.9 Å². The average Bonchev–Trinajstić information content (AvgIpc) is 3.55. The molecule has 7 nitrogen and oxygen atoms in total. The quantitative estimate of drug-likeness (QED) is 0.681. The third kappa shape index (κ3) is 4.68. The van der Waals surface area contributed by atoms with E-state index in [9.17, 15) is 4.79 Å². The molecule has 0 aromatic carbocycles. The number of urea groups is 1. The number of nitrogens with one attached hydrogen (secondary N) is 1. The van der Waals surface area contributed by atoms with Crippen molar-refractivity contribution in [2.75, 3.05) is 13.1 Å². The first kappa shape index (κ1) is 22.1. The van der Waals surface area contributed by atoms with Crippen molar-refractivity contribution < 1.29 is 9.32 Å². The van der Waals surface area contributed by atoms with Gasteiger partial charge < -0.3 is 14.7 Å². The molecule has 0 bridgehead atoms. The third-order valence-corrected chi connectivity index (χ3v) is 7.51. The number of pyridine rings is 1. The lowest BCUT2D eigenvalue weighted by Gasteiger charge is -2.38. The van der Waals surface area contributed by atoms with E-state index in [0.717, 1.165) is 67.9 Å². The molecular formula is C26H35N5O2. The lowest BCUT2D eigenvalue weighted by Crippen LogP contribution is -2.51. The van der Waals surface area contributed by atoms with Gasteiger partial charge in [0.25, 0.3) is 0 Å². The molecule has 2 aromatic rings. The zero-order valence-electron chi connectivity index (χ0n) is 20.0. The normalized spacial score (nSPS) is 22.8. The zero-order chi connectivity index (χ0) is 23.0. The molecule has 2 aromatic heterocycles. The molecule has 2 aliphatic carbocycles. The second-order valence-corrected chi connectivity index (χ2v) is 10.5. The van der Waals surface area contributed by atoms with Crippen LogP contribution in [-0.2, 0) is 5.41 Å². The maximum atomic E-state index is 13.2. The summed E-state index contributed by atoms with van der Waals surface area (Å²) in [5, 5.41) is 7.59. The van der Waals surface area contributed by atoms with Crippen molar-refractivity contribution in [1.82, 2.24) is 25.3 Å². The minimum atomic E-state index is -0.132. The Morgan fingerprint density at radius 2 is 2.00 bits per heavy atom. The maximum Gasteiger partial charge on any atom is 0.317 e. The number of likely N-dealkylation sites (tertiary alicyclic amines) is 1. The highest BCUT2D eigenvalue weighted by Gasteiger charge is 2.39. The minimum Gasteiger partial charge on any atom is -0.339 e. The fourth-order valence-corrected chi connectivity index (χ4v) is 4.91. The molecule has 1 atom stereocenters. The molecular weight excluding hydrogens is 414 g/mol. The third-order valence-electron chi connectivity index (χ3n) is 7.51. The summed E-state index contributed by atoms with van der Waals surface area (Å²) < 4.78 is 5.49. The summed E-state index contributed by atoms with van der Waals surface area (Å²) in [6, 6.07) is 4.30. The average molecular weight is 450 g/mol. The molecule has 1 saturated carbocycles. The van der Waals surface area contributed by atoms with Crippen molar-refractivity contribution in [1.29, 1.82) is 0 Å². The lowest BCUT2D eigenvalue weighted by molar-refractivity contribution is 0.157. The minimum absolute atomic E-state index is 0.0217. The first-order valence-electron chi connectivity index (χ1n) is 12.5. The Morgan fingerprint density at radius 1 is 1.21 bits per heavy atom. The van der Waals surface area contributed by atoms with E-state index in [1.54, 1.807) is 0 Å². The first-order chi connectivity index (χ1) is 15.9. The van der Waals surface area contributed by atoms with Gasteiger partial charge >= 0.3 is 6.03 Å². The van der Waals surface area contributed by atoms with Gasteiger partial charge in [-0.15, -0.1) is 0 Å². The highest BCUT2D eigenvalue weighted by Crippen LogP contribution is 2.41. The van der Waals surface area contributed by atoms with E-state index >= 15 is 0 Å². The van der Waals surface area contributed by atoms with Gasteiger partial charge in [-0.25, -0.2) is 4.79 Å². The summed E-state index contributed by atoms with van der Waals surface area (Å²) in [4.78, 5) is 24.4. The Kier molecular flexibility index (Phi) is 5.97. The summed E-state index contributed by atoms with van der Waals surface area (Å²) in [6.07, 6.45) is 11.3. The lowest BCUT2D eigenvalue weighted by atomic mass is 9.79. The van der Waals surface area contributed by atoms with Crippen LogP contribution in [0, 0.1) is 0 Å². The molecule has 0 radical (unpaired) electrons. The molecule has 33 heavy (non-hydrogen) atoms. The highest BCUT2D eigenvalue weighted by molar-refractivity contribution is 5.80. The molecule has 0 unspecified atom stereocenters. The number of allylic oxidation sites excluding steroid dienone is 1. The van der Waals surface area contributed by atoms with E-state index < -0.39 is 0 Å². The second-order valence-electron chi connectivity index (χ2n) is 10.5. The summed E-state index contributed by atoms with van der Waals surface area (Å²) in [5.41, 5.74) is 3.27. The number of hydrogen-bond donors (Lipinski definition) is 1. The van der Waals surface area contributed by atoms with Crippen LogP contribution < -0.4 is 5.32 Å². The molecule has 7 heteroatoms. The number of nitrogens with zero attached hydrogens (tertiary/aromatic N) is 4. The van der Waals surface area contributed by atoms with Crippen LogP contribution in [-0.4, -0.2) is 45.2 Å². The largest absolute Gasteiger partial charge is 0.339 e. The Bertz CT molecular complexity index is 1010. The molecule has 1 saturated heterocycles. The Balaban J connectivity index is 1.21. The van der Waals surface area contributed by atoms with Crippen molar-refractivity contribution in [2.24, 2.45) is 0 Å². The van der Waals surface area contributed by atoms with Gasteiger partial charge in [-0.2, -0.15) is 4.98 Å². The number of carbonyl (C=O) groups is 1. The van der Waals surface area contributed by atoms with Gasteiger partial charge in [-0.1, -0.05) is 38.1 Å². The molecule has 2 fully saturated rings. The van der Waals surface area contributed by atoms with Crippen molar-refractivity contribution in [3.05, 3.63) is 47.4 Å². The Labute approximate surface area is 196 Å². The van der Waals surface area contributed by atoms with Crippen LogP contribution in [0.5, 0.6) is 0 Å². The zero-order valence-corrected chi connectivity index (χ0v) is 20.0. The van der Waals surface area contributed by atoms with E-state index in [1.807, 2.05) is 11.1 Å². The summed E-state index contributed by atoms with van der Waals surface area (Å²) >= 11 is 0. The molecule has 3 heterocycles. The van der Waals surface area contributed by atoms with E-state index in [2.05, 4.69) is 59.4 Å². The van der Waals surface area contributed by atoms with Gasteiger partial charge in [-0.05, 0) is 68.1 Å². The van der Waals surface area contributed by atoms with Crippen molar-refractivity contribution in [2.45, 2.75) is 89.0 Å². The number of aromatic nitrogens is 3. The smallest absolute Gasteiger partial charge is 0.317 e. The molecule has 5 rings (SSSR count). The highest BCUT2D eigenvalue weighted by atomic mass is 16.5. The Hall–Kier alpha value is -2.70. The predicted molar refractivity (Wildman–Crippen MR) is 127 cm³/mol. The van der Waals surface area contributed by atoms with Gasteiger partial charge in [0.2, 0.25) is 5.89 Å². The number of hydrogen-bond acceptors (Lipinski definition) is 5. The SMILES string of the molecule is CC(C)c1ccc(C2=CCCC[C@H]2NC(=O)N2CCC(C)(c3noc(C4CC4)n3)CC2)cn1. The molecule has 2 amide bonds. The molecule has 1 N–H and O–H groups in total. The van der Waals surface area contributed by atoms with Gasteiger partial charge in [-0.3, -0.25) is 4.98 Å². The van der Waals surface area contributed by atoms with Crippen LogP contribution in [0.25, 0.3) is 5.57 Å². The molecule has 176 valence electrons. The first-order valence-corrected chi connectivity index (χ1v) is 12.5. The van der Waals surface area contributed by atoms with Crippen LogP contribution in [0.4, 0.5) is 4.79 Å². The second kappa shape index (κ2) is 8.92. The van der Waals surface area contributed by atoms with Gasteiger partial charge in [0, 0.05) is 36.3 Å². The standard InChI is InChI=1S/C26H35N5O2/c1-17(2)21-11-10-19(16-27-21)20-6-4-5-7-22(20)28-25(32)31-14-12-26(3,13-15-31)24-29-23(33-30-24)18-8-9-18/h6,10-11,16-18,22H,4-5,7-9,12-15H2,1-3H3,(H,28,32)/t22-/m1/s1. The fourth-order valence-electron chi connectivity index (χ4n) is 4.91. The maximum absolute atomic E-state index is 13.2. The van der Waals surface area contributed by atoms with Crippen molar-refractivity contribution in [3.63, 3.8) is 0 Å². The molecule has 1 aliphatic heterocycles. The number of rotatable bonds is 5. The van der Waals surface area contributed by atoms with E-state index in [4.69, 9.17) is 4.52 Å². The summed E-state index contributed by atoms with van der Waals surface area (Å²) in [7, 11) is 0. The number of amides is 2.